The maximum absolute atomic E-state index is 5.92. The highest BCUT2D eigenvalue weighted by atomic mass is 15.1. The maximum Gasteiger partial charge on any atom is 0.00448 e. The molecule has 0 aromatic rings. The second-order valence-electron chi connectivity index (χ2n) is 4.30. The summed E-state index contributed by atoms with van der Waals surface area (Å²) >= 11 is 0. The number of likely N-dealkylation sites (tertiary alicyclic amines) is 1. The van der Waals surface area contributed by atoms with Gasteiger partial charge in [0.1, 0.15) is 0 Å². The van der Waals surface area contributed by atoms with Crippen molar-refractivity contribution in [1.82, 2.24) is 4.90 Å². The summed E-state index contributed by atoms with van der Waals surface area (Å²) in [4.78, 5) is 2.44. The minimum absolute atomic E-state index is 0.511. The fourth-order valence-electron chi connectivity index (χ4n) is 2.71. The molecule has 0 aromatic heterocycles. The topological polar surface area (TPSA) is 29.3 Å². The Bertz CT molecular complexity index is 146. The lowest BCUT2D eigenvalue weighted by atomic mass is 9.89. The van der Waals surface area contributed by atoms with Crippen molar-refractivity contribution < 1.29 is 0 Å². The van der Waals surface area contributed by atoms with Gasteiger partial charge in [-0.2, -0.15) is 0 Å². The lowest BCUT2D eigenvalue weighted by Crippen LogP contribution is -2.35. The fraction of sp³-hybridized carbons (Fsp3) is 1.00. The molecule has 2 nitrogen and oxygen atoms in total. The summed E-state index contributed by atoms with van der Waals surface area (Å²) in [5.41, 5.74) is 5.92. The third-order valence-corrected chi connectivity index (χ3v) is 3.31. The molecule has 0 amide bonds. The Morgan fingerprint density at radius 1 is 1.27 bits per heavy atom. The van der Waals surface area contributed by atoms with E-state index < -0.39 is 0 Å². The molecule has 1 saturated heterocycles. The number of piperidine rings is 1. The zero-order valence-electron chi connectivity index (χ0n) is 7.29. The summed E-state index contributed by atoms with van der Waals surface area (Å²) in [6.45, 7) is 2.58. The largest absolute Gasteiger partial charge is 0.328 e. The van der Waals surface area contributed by atoms with Crippen molar-refractivity contribution in [1.29, 1.82) is 0 Å². The van der Waals surface area contributed by atoms with E-state index in [1.807, 2.05) is 0 Å². The van der Waals surface area contributed by atoms with Crippen LogP contribution in [0.25, 0.3) is 0 Å². The van der Waals surface area contributed by atoms with Crippen molar-refractivity contribution in [2.24, 2.45) is 17.6 Å². The van der Waals surface area contributed by atoms with Gasteiger partial charge < -0.3 is 10.6 Å². The van der Waals surface area contributed by atoms with Gasteiger partial charge in [-0.05, 0) is 44.7 Å². The van der Waals surface area contributed by atoms with Crippen molar-refractivity contribution in [2.45, 2.75) is 25.3 Å². The molecular weight excluding hydrogens is 136 g/mol. The molecule has 2 fully saturated rings. The van der Waals surface area contributed by atoms with Gasteiger partial charge in [0.2, 0.25) is 0 Å². The van der Waals surface area contributed by atoms with E-state index in [9.17, 15) is 0 Å². The van der Waals surface area contributed by atoms with Gasteiger partial charge in [-0.15, -0.1) is 0 Å². The van der Waals surface area contributed by atoms with Gasteiger partial charge in [0.15, 0.2) is 0 Å². The highest BCUT2D eigenvalue weighted by Crippen LogP contribution is 2.36. The van der Waals surface area contributed by atoms with Gasteiger partial charge in [-0.25, -0.2) is 0 Å². The summed E-state index contributed by atoms with van der Waals surface area (Å²) < 4.78 is 0. The number of fused-ring (bicyclic) bond motifs is 1. The Morgan fingerprint density at radius 2 is 2.00 bits per heavy atom. The molecule has 0 aromatic carbocycles. The Morgan fingerprint density at radius 3 is 2.82 bits per heavy atom. The zero-order chi connectivity index (χ0) is 7.84. The van der Waals surface area contributed by atoms with Crippen LogP contribution < -0.4 is 5.73 Å². The summed E-state index contributed by atoms with van der Waals surface area (Å²) in [7, 11) is 2.22. The summed E-state index contributed by atoms with van der Waals surface area (Å²) in [6.07, 6.45) is 3.95. The van der Waals surface area contributed by atoms with Crippen molar-refractivity contribution >= 4 is 0 Å². The summed E-state index contributed by atoms with van der Waals surface area (Å²) in [5.74, 6) is 1.88. The second-order valence-corrected chi connectivity index (χ2v) is 4.30. The molecule has 0 spiro atoms. The monoisotopic (exact) mass is 154 g/mol. The minimum Gasteiger partial charge on any atom is -0.328 e. The lowest BCUT2D eigenvalue weighted by molar-refractivity contribution is 0.166. The van der Waals surface area contributed by atoms with E-state index in [-0.39, 0.29) is 0 Å². The van der Waals surface area contributed by atoms with E-state index in [4.69, 9.17) is 5.73 Å². The summed E-state index contributed by atoms with van der Waals surface area (Å²) in [6, 6.07) is 0.511. The van der Waals surface area contributed by atoms with Crippen molar-refractivity contribution in [3.8, 4) is 0 Å². The van der Waals surface area contributed by atoms with Crippen LogP contribution in [-0.2, 0) is 0 Å². The molecule has 1 saturated carbocycles. The van der Waals surface area contributed by atoms with Gasteiger partial charge in [0.25, 0.3) is 0 Å². The number of hydrogen-bond donors (Lipinski definition) is 1. The zero-order valence-corrected chi connectivity index (χ0v) is 7.29. The standard InChI is InChI=1S/C9H18N2/c1-11-3-2-7-4-9(10)5-8(7)6-11/h7-9H,2-6,10H2,1H3/t7-,8-,9+/m0/s1. The average Bonchev–Trinajstić information content (AvgIpc) is 2.27. The van der Waals surface area contributed by atoms with Crippen LogP contribution in [0.5, 0.6) is 0 Å². The lowest BCUT2D eigenvalue weighted by Gasteiger charge is -2.32. The number of rotatable bonds is 0. The molecule has 2 heteroatoms. The van der Waals surface area contributed by atoms with Crippen LogP contribution in [0, 0.1) is 11.8 Å². The van der Waals surface area contributed by atoms with E-state index in [2.05, 4.69) is 11.9 Å². The molecule has 1 heterocycles. The van der Waals surface area contributed by atoms with Crippen LogP contribution in [0.3, 0.4) is 0 Å². The normalized spacial score (nSPS) is 45.8. The smallest absolute Gasteiger partial charge is 0.00448 e. The van der Waals surface area contributed by atoms with E-state index >= 15 is 0 Å². The molecule has 0 unspecified atom stereocenters. The van der Waals surface area contributed by atoms with Crippen LogP contribution in [0.2, 0.25) is 0 Å². The number of nitrogens with two attached hydrogens (primary N) is 1. The molecule has 64 valence electrons. The SMILES string of the molecule is CN1CC[C@H]2C[C@@H](N)C[C@H]2C1. The molecular formula is C9H18N2. The quantitative estimate of drug-likeness (QED) is 0.556. The second kappa shape index (κ2) is 2.76. The summed E-state index contributed by atoms with van der Waals surface area (Å²) in [5, 5.41) is 0. The Balaban J connectivity index is 1.97. The van der Waals surface area contributed by atoms with Gasteiger partial charge in [-0.1, -0.05) is 0 Å². The fourth-order valence-corrected chi connectivity index (χ4v) is 2.71. The molecule has 2 N–H and O–H groups in total. The van der Waals surface area contributed by atoms with Crippen molar-refractivity contribution in [3.05, 3.63) is 0 Å². The third-order valence-electron chi connectivity index (χ3n) is 3.31. The van der Waals surface area contributed by atoms with Crippen LogP contribution in [-0.4, -0.2) is 31.1 Å². The Labute approximate surface area is 68.7 Å². The highest BCUT2D eigenvalue weighted by Gasteiger charge is 2.35. The van der Waals surface area contributed by atoms with Crippen LogP contribution in [0.1, 0.15) is 19.3 Å². The highest BCUT2D eigenvalue weighted by molar-refractivity contribution is 4.89. The molecule has 11 heavy (non-hydrogen) atoms. The van der Waals surface area contributed by atoms with Gasteiger partial charge in [0, 0.05) is 12.6 Å². The van der Waals surface area contributed by atoms with E-state index in [0.29, 0.717) is 6.04 Å². The van der Waals surface area contributed by atoms with Gasteiger partial charge in [0.05, 0.1) is 0 Å². The predicted octanol–water partition coefficient (Wildman–Crippen LogP) is 0.675. The van der Waals surface area contributed by atoms with Crippen LogP contribution in [0.15, 0.2) is 0 Å². The molecule has 2 rings (SSSR count). The molecule has 3 atom stereocenters. The minimum atomic E-state index is 0.511. The van der Waals surface area contributed by atoms with Crippen molar-refractivity contribution in [2.75, 3.05) is 20.1 Å². The average molecular weight is 154 g/mol. The first-order valence-corrected chi connectivity index (χ1v) is 4.70. The molecule has 2 aliphatic rings. The Kier molecular flexibility index (Phi) is 1.90. The van der Waals surface area contributed by atoms with E-state index in [1.54, 1.807) is 0 Å². The third kappa shape index (κ3) is 1.42. The Hall–Kier alpha value is -0.0800. The van der Waals surface area contributed by atoms with Gasteiger partial charge >= 0.3 is 0 Å². The van der Waals surface area contributed by atoms with E-state index in [0.717, 1.165) is 11.8 Å². The van der Waals surface area contributed by atoms with Gasteiger partial charge in [-0.3, -0.25) is 0 Å². The first-order chi connectivity index (χ1) is 5.25. The van der Waals surface area contributed by atoms with Crippen LogP contribution >= 0.6 is 0 Å². The molecule has 0 radical (unpaired) electrons. The number of hydrogen-bond acceptors (Lipinski definition) is 2. The first-order valence-electron chi connectivity index (χ1n) is 4.70. The maximum atomic E-state index is 5.92. The predicted molar refractivity (Wildman–Crippen MR) is 46.3 cm³/mol. The van der Waals surface area contributed by atoms with Crippen LogP contribution in [0.4, 0.5) is 0 Å². The number of nitrogens with zero attached hydrogens (tertiary/aromatic N) is 1. The molecule has 0 bridgehead atoms. The first kappa shape index (κ1) is 7.56. The molecule has 1 aliphatic carbocycles. The van der Waals surface area contributed by atoms with Crippen molar-refractivity contribution in [3.63, 3.8) is 0 Å². The van der Waals surface area contributed by atoms with E-state index in [1.165, 1.54) is 32.4 Å². The molecule has 1 aliphatic heterocycles.